The Hall–Kier alpha value is -3.46. The molecule has 6 nitrogen and oxygen atoms in total. The van der Waals surface area contributed by atoms with Crippen LogP contribution < -0.4 is 5.32 Å². The van der Waals surface area contributed by atoms with E-state index in [4.69, 9.17) is 0 Å². The lowest BCUT2D eigenvalue weighted by Gasteiger charge is -2.06. The molecular formula is C19H17N3O3. The quantitative estimate of drug-likeness (QED) is 0.382. The van der Waals surface area contributed by atoms with E-state index in [1.54, 1.807) is 6.07 Å². The lowest BCUT2D eigenvalue weighted by Crippen LogP contribution is -2.14. The number of benzene rings is 2. The summed E-state index contributed by atoms with van der Waals surface area (Å²) in [6.45, 7) is 4.15. The van der Waals surface area contributed by atoms with Gasteiger partial charge >= 0.3 is 0 Å². The Morgan fingerprint density at radius 3 is 2.40 bits per heavy atom. The zero-order valence-electron chi connectivity index (χ0n) is 13.9. The van der Waals surface area contributed by atoms with Crippen LogP contribution in [0.4, 0.5) is 11.4 Å². The fourth-order valence-electron chi connectivity index (χ4n) is 2.22. The Morgan fingerprint density at radius 1 is 1.20 bits per heavy atom. The van der Waals surface area contributed by atoms with Crippen LogP contribution in [0.15, 0.2) is 54.1 Å². The maximum absolute atomic E-state index is 12.3. The van der Waals surface area contributed by atoms with E-state index in [1.165, 1.54) is 24.3 Å². The second-order valence-corrected chi connectivity index (χ2v) is 5.72. The zero-order chi connectivity index (χ0) is 18.4. The first-order valence-corrected chi connectivity index (χ1v) is 7.69. The van der Waals surface area contributed by atoms with E-state index < -0.39 is 10.8 Å². The largest absolute Gasteiger partial charge is 0.316 e. The number of carbonyl (C=O) groups is 1. The van der Waals surface area contributed by atoms with Gasteiger partial charge in [-0.1, -0.05) is 50.2 Å². The summed E-state index contributed by atoms with van der Waals surface area (Å²) < 4.78 is 0. The van der Waals surface area contributed by atoms with E-state index in [0.29, 0.717) is 11.5 Å². The fraction of sp³-hybridized carbons (Fsp3) is 0.158. The van der Waals surface area contributed by atoms with E-state index in [0.717, 1.165) is 5.56 Å². The first kappa shape index (κ1) is 17.9. The lowest BCUT2D eigenvalue weighted by molar-refractivity contribution is -0.383. The molecule has 25 heavy (non-hydrogen) atoms. The van der Waals surface area contributed by atoms with Gasteiger partial charge in [-0.3, -0.25) is 14.9 Å². The monoisotopic (exact) mass is 335 g/mol. The summed E-state index contributed by atoms with van der Waals surface area (Å²) in [5.41, 5.74) is 1.55. The number of carbonyl (C=O) groups excluding carboxylic acids is 1. The number of hydrogen-bond acceptors (Lipinski definition) is 4. The molecule has 0 aliphatic carbocycles. The topological polar surface area (TPSA) is 96.0 Å². The molecular weight excluding hydrogens is 318 g/mol. The van der Waals surface area contributed by atoms with Crippen LogP contribution in [-0.4, -0.2) is 10.8 Å². The number of hydrogen-bond donors (Lipinski definition) is 1. The molecule has 0 aliphatic heterocycles. The molecule has 6 heteroatoms. The van der Waals surface area contributed by atoms with Gasteiger partial charge in [0.05, 0.1) is 4.92 Å². The fourth-order valence-corrected chi connectivity index (χ4v) is 2.22. The SMILES string of the molecule is CC(C)c1ccc(/C=C(\C#N)C(=O)Nc2ccccc2[N+](=O)[O-])cc1. The molecule has 0 spiro atoms. The maximum Gasteiger partial charge on any atom is 0.292 e. The van der Waals surface area contributed by atoms with E-state index in [-0.39, 0.29) is 16.9 Å². The number of para-hydroxylation sites is 2. The first-order valence-electron chi connectivity index (χ1n) is 7.69. The van der Waals surface area contributed by atoms with Gasteiger partial charge in [-0.2, -0.15) is 5.26 Å². The van der Waals surface area contributed by atoms with Gasteiger partial charge in [0.2, 0.25) is 0 Å². The highest BCUT2D eigenvalue weighted by Gasteiger charge is 2.17. The Bertz CT molecular complexity index is 862. The van der Waals surface area contributed by atoms with Crippen molar-refractivity contribution in [1.29, 1.82) is 5.26 Å². The minimum atomic E-state index is -0.690. The van der Waals surface area contributed by atoms with Gasteiger partial charge < -0.3 is 5.32 Å². The van der Waals surface area contributed by atoms with Crippen LogP contribution in [0.25, 0.3) is 6.08 Å². The van der Waals surface area contributed by atoms with Crippen molar-refractivity contribution in [3.05, 3.63) is 75.3 Å². The van der Waals surface area contributed by atoms with Gasteiger partial charge in [-0.05, 0) is 29.2 Å². The Labute approximate surface area is 145 Å². The first-order chi connectivity index (χ1) is 11.9. The number of nitro groups is 1. The van der Waals surface area contributed by atoms with Crippen LogP contribution in [0, 0.1) is 21.4 Å². The van der Waals surface area contributed by atoms with Gasteiger partial charge in [-0.25, -0.2) is 0 Å². The molecule has 0 unspecified atom stereocenters. The van der Waals surface area contributed by atoms with Gasteiger partial charge in [-0.15, -0.1) is 0 Å². The molecule has 126 valence electrons. The molecule has 0 bridgehead atoms. The molecule has 0 aliphatic rings. The van der Waals surface area contributed by atoms with Crippen molar-refractivity contribution in [1.82, 2.24) is 0 Å². The van der Waals surface area contributed by atoms with Crippen molar-refractivity contribution in [2.75, 3.05) is 5.32 Å². The minimum Gasteiger partial charge on any atom is -0.316 e. The summed E-state index contributed by atoms with van der Waals surface area (Å²) in [5, 5.41) is 22.7. The summed E-state index contributed by atoms with van der Waals surface area (Å²) in [4.78, 5) is 22.7. The molecule has 0 atom stereocenters. The summed E-state index contributed by atoms with van der Waals surface area (Å²) in [5.74, 6) is -0.305. The average molecular weight is 335 g/mol. The third-order valence-corrected chi connectivity index (χ3v) is 3.63. The van der Waals surface area contributed by atoms with Crippen molar-refractivity contribution < 1.29 is 9.72 Å². The van der Waals surface area contributed by atoms with Gasteiger partial charge in [0, 0.05) is 6.07 Å². The Balaban J connectivity index is 2.24. The molecule has 0 heterocycles. The standard InChI is InChI=1S/C19H17N3O3/c1-13(2)15-9-7-14(8-10-15)11-16(12-20)19(23)21-17-5-3-4-6-18(17)22(24)25/h3-11,13H,1-2H3,(H,21,23)/b16-11+. The van der Waals surface area contributed by atoms with Crippen molar-refractivity contribution in [3.63, 3.8) is 0 Å². The summed E-state index contributed by atoms with van der Waals surface area (Å²) in [7, 11) is 0. The molecule has 0 saturated heterocycles. The van der Waals surface area contributed by atoms with Gasteiger partial charge in [0.1, 0.15) is 17.3 Å². The smallest absolute Gasteiger partial charge is 0.292 e. The van der Waals surface area contributed by atoms with Gasteiger partial charge in [0.15, 0.2) is 0 Å². The Morgan fingerprint density at radius 2 is 1.84 bits per heavy atom. The number of nitrogens with one attached hydrogen (secondary N) is 1. The van der Waals surface area contributed by atoms with E-state index >= 15 is 0 Å². The van der Waals surface area contributed by atoms with Crippen LogP contribution in [-0.2, 0) is 4.79 Å². The predicted octanol–water partition coefficient (Wildman–Crippen LogP) is 4.26. The molecule has 0 radical (unpaired) electrons. The maximum atomic E-state index is 12.3. The second-order valence-electron chi connectivity index (χ2n) is 5.72. The third-order valence-electron chi connectivity index (χ3n) is 3.63. The highest BCUT2D eigenvalue weighted by Crippen LogP contribution is 2.24. The average Bonchev–Trinajstić information content (AvgIpc) is 2.60. The summed E-state index contributed by atoms with van der Waals surface area (Å²) >= 11 is 0. The molecule has 0 saturated carbocycles. The number of rotatable bonds is 5. The van der Waals surface area contributed by atoms with E-state index in [2.05, 4.69) is 19.2 Å². The number of nitriles is 1. The predicted molar refractivity (Wildman–Crippen MR) is 95.8 cm³/mol. The van der Waals surface area contributed by atoms with Crippen molar-refractivity contribution in [2.24, 2.45) is 0 Å². The number of amides is 1. The normalized spacial score (nSPS) is 11.0. The molecule has 0 aromatic heterocycles. The lowest BCUT2D eigenvalue weighted by atomic mass is 10.0. The molecule has 2 rings (SSSR count). The Kier molecular flexibility index (Phi) is 5.64. The van der Waals surface area contributed by atoms with Crippen molar-refractivity contribution in [2.45, 2.75) is 19.8 Å². The summed E-state index contributed by atoms with van der Waals surface area (Å²) in [6, 6.07) is 15.1. The molecule has 2 aromatic rings. The highest BCUT2D eigenvalue weighted by molar-refractivity contribution is 6.10. The van der Waals surface area contributed by atoms with E-state index in [1.807, 2.05) is 30.3 Å². The second kappa shape index (κ2) is 7.88. The van der Waals surface area contributed by atoms with Crippen LogP contribution in [0.1, 0.15) is 30.9 Å². The van der Waals surface area contributed by atoms with Crippen molar-refractivity contribution in [3.8, 4) is 6.07 Å². The summed E-state index contributed by atoms with van der Waals surface area (Å²) in [6.07, 6.45) is 1.45. The molecule has 0 fully saturated rings. The van der Waals surface area contributed by atoms with Crippen LogP contribution >= 0.6 is 0 Å². The van der Waals surface area contributed by atoms with Crippen LogP contribution in [0.3, 0.4) is 0 Å². The number of nitro benzene ring substituents is 1. The molecule has 1 N–H and O–H groups in total. The molecule has 1 amide bonds. The van der Waals surface area contributed by atoms with Crippen LogP contribution in [0.2, 0.25) is 0 Å². The zero-order valence-corrected chi connectivity index (χ0v) is 13.9. The van der Waals surface area contributed by atoms with E-state index in [9.17, 15) is 20.2 Å². The van der Waals surface area contributed by atoms with Crippen molar-refractivity contribution >= 4 is 23.4 Å². The van der Waals surface area contributed by atoms with Gasteiger partial charge in [0.25, 0.3) is 11.6 Å². The minimum absolute atomic E-state index is 0.0498. The highest BCUT2D eigenvalue weighted by atomic mass is 16.6. The number of anilines is 1. The van der Waals surface area contributed by atoms with Crippen LogP contribution in [0.5, 0.6) is 0 Å². The third kappa shape index (κ3) is 4.52. The number of nitrogens with zero attached hydrogens (tertiary/aromatic N) is 2. The molecule has 2 aromatic carbocycles.